The molecule has 0 unspecified atom stereocenters. The number of likely N-dealkylation sites (tertiary alicyclic amines) is 1. The van der Waals surface area contributed by atoms with Gasteiger partial charge in [0.25, 0.3) is 0 Å². The Morgan fingerprint density at radius 3 is 2.42 bits per heavy atom. The molecule has 3 aromatic rings. The molecule has 0 bridgehead atoms. The number of piperidine rings is 1. The van der Waals surface area contributed by atoms with Crippen LogP contribution >= 0.6 is 35.0 Å². The minimum atomic E-state index is 0.578. The van der Waals surface area contributed by atoms with Crippen LogP contribution in [0.15, 0.2) is 59.6 Å². The molecule has 158 valence electrons. The summed E-state index contributed by atoms with van der Waals surface area (Å²) < 4.78 is 0. The molecule has 0 atom stereocenters. The minimum Gasteiger partial charge on any atom is -0.303 e. The molecule has 1 fully saturated rings. The minimum absolute atomic E-state index is 0.578. The summed E-state index contributed by atoms with van der Waals surface area (Å²) in [6.45, 7) is 3.33. The average molecular weight is 468 g/mol. The van der Waals surface area contributed by atoms with Crippen LogP contribution in [0.2, 0.25) is 10.0 Å². The van der Waals surface area contributed by atoms with E-state index in [2.05, 4.69) is 11.0 Å². The van der Waals surface area contributed by atoms with Crippen molar-refractivity contribution in [2.75, 3.05) is 25.4 Å². The van der Waals surface area contributed by atoms with Crippen LogP contribution in [0.5, 0.6) is 0 Å². The summed E-state index contributed by atoms with van der Waals surface area (Å²) in [5.41, 5.74) is 4.00. The van der Waals surface area contributed by atoms with Crippen molar-refractivity contribution in [3.63, 3.8) is 0 Å². The van der Waals surface area contributed by atoms with Crippen LogP contribution in [0.1, 0.15) is 24.8 Å². The third-order valence-corrected chi connectivity index (χ3v) is 7.03. The molecule has 2 aromatic carbocycles. The van der Waals surface area contributed by atoms with Crippen molar-refractivity contribution in [3.8, 4) is 28.5 Å². The van der Waals surface area contributed by atoms with Crippen molar-refractivity contribution < 1.29 is 0 Å². The van der Waals surface area contributed by atoms with Gasteiger partial charge in [-0.25, -0.2) is 4.98 Å². The lowest BCUT2D eigenvalue weighted by Crippen LogP contribution is -2.31. The van der Waals surface area contributed by atoms with E-state index in [0.717, 1.165) is 52.8 Å². The van der Waals surface area contributed by atoms with E-state index in [-0.39, 0.29) is 0 Å². The van der Waals surface area contributed by atoms with Crippen LogP contribution in [0.25, 0.3) is 22.4 Å². The van der Waals surface area contributed by atoms with E-state index in [4.69, 9.17) is 28.2 Å². The van der Waals surface area contributed by atoms with Gasteiger partial charge in [-0.1, -0.05) is 60.0 Å². The van der Waals surface area contributed by atoms with E-state index in [0.29, 0.717) is 15.6 Å². The Hall–Kier alpha value is -2.03. The maximum atomic E-state index is 10.0. The van der Waals surface area contributed by atoms with Gasteiger partial charge in [0, 0.05) is 39.0 Å². The van der Waals surface area contributed by atoms with Gasteiger partial charge in [-0.3, -0.25) is 0 Å². The molecule has 1 aliphatic rings. The van der Waals surface area contributed by atoms with Crippen LogP contribution in [-0.4, -0.2) is 35.3 Å². The molecular weight excluding hydrogens is 445 g/mol. The van der Waals surface area contributed by atoms with E-state index in [1.165, 1.54) is 19.3 Å². The molecule has 0 amide bonds. The highest BCUT2D eigenvalue weighted by Crippen LogP contribution is 2.37. The number of pyridine rings is 1. The Kier molecular flexibility index (Phi) is 7.53. The summed E-state index contributed by atoms with van der Waals surface area (Å²) in [4.78, 5) is 7.38. The maximum absolute atomic E-state index is 10.0. The molecule has 3 nitrogen and oxygen atoms in total. The third kappa shape index (κ3) is 5.42. The zero-order valence-electron chi connectivity index (χ0n) is 17.2. The fourth-order valence-electron chi connectivity index (χ4n) is 3.85. The molecular formula is C25H23Cl2N3S. The number of hydrogen-bond donors (Lipinski definition) is 0. The fraction of sp³-hybridized carbons (Fsp3) is 0.280. The van der Waals surface area contributed by atoms with Gasteiger partial charge in [0.2, 0.25) is 0 Å². The summed E-state index contributed by atoms with van der Waals surface area (Å²) in [5, 5.41) is 12.1. The van der Waals surface area contributed by atoms with Crippen molar-refractivity contribution in [2.45, 2.75) is 24.3 Å². The first kappa shape index (κ1) is 22.2. The van der Waals surface area contributed by atoms with Crippen LogP contribution < -0.4 is 0 Å². The molecule has 0 aliphatic carbocycles. The molecule has 1 aromatic heterocycles. The van der Waals surface area contributed by atoms with Gasteiger partial charge in [-0.05, 0) is 50.2 Å². The Morgan fingerprint density at radius 2 is 1.71 bits per heavy atom. The molecule has 1 aliphatic heterocycles. The quantitative estimate of drug-likeness (QED) is 0.360. The summed E-state index contributed by atoms with van der Waals surface area (Å²) in [6.07, 6.45) is 3.87. The Labute approximate surface area is 198 Å². The Morgan fingerprint density at radius 1 is 0.968 bits per heavy atom. The van der Waals surface area contributed by atoms with Crippen molar-refractivity contribution in [1.29, 1.82) is 5.26 Å². The first-order valence-corrected chi connectivity index (χ1v) is 12.2. The van der Waals surface area contributed by atoms with Crippen molar-refractivity contribution in [3.05, 3.63) is 70.2 Å². The van der Waals surface area contributed by atoms with Gasteiger partial charge in [0.05, 0.1) is 11.3 Å². The summed E-state index contributed by atoms with van der Waals surface area (Å²) >= 11 is 14.2. The molecule has 0 saturated carbocycles. The van der Waals surface area contributed by atoms with Crippen LogP contribution in [0.4, 0.5) is 0 Å². The normalized spacial score (nSPS) is 14.4. The summed E-state index contributed by atoms with van der Waals surface area (Å²) in [5.74, 6) is 0.897. The molecule has 31 heavy (non-hydrogen) atoms. The van der Waals surface area contributed by atoms with Crippen molar-refractivity contribution in [1.82, 2.24) is 9.88 Å². The van der Waals surface area contributed by atoms with Gasteiger partial charge in [0.15, 0.2) is 0 Å². The fourth-order valence-corrected chi connectivity index (χ4v) is 5.22. The molecule has 6 heteroatoms. The Bertz CT molecular complexity index is 1090. The van der Waals surface area contributed by atoms with E-state index < -0.39 is 0 Å². The van der Waals surface area contributed by atoms with E-state index in [9.17, 15) is 5.26 Å². The summed E-state index contributed by atoms with van der Waals surface area (Å²) in [7, 11) is 0. The number of aromatic nitrogens is 1. The molecule has 1 saturated heterocycles. The van der Waals surface area contributed by atoms with E-state index in [1.54, 1.807) is 11.8 Å². The molecule has 0 N–H and O–H groups in total. The predicted molar refractivity (Wildman–Crippen MR) is 131 cm³/mol. The zero-order valence-corrected chi connectivity index (χ0v) is 19.5. The lowest BCUT2D eigenvalue weighted by atomic mass is 9.99. The second-order valence-corrected chi connectivity index (χ2v) is 9.51. The third-order valence-electron chi connectivity index (χ3n) is 5.50. The lowest BCUT2D eigenvalue weighted by Gasteiger charge is -2.26. The van der Waals surface area contributed by atoms with Crippen molar-refractivity contribution >= 4 is 35.0 Å². The molecule has 0 radical (unpaired) electrons. The van der Waals surface area contributed by atoms with Crippen LogP contribution in [-0.2, 0) is 0 Å². The largest absolute Gasteiger partial charge is 0.303 e. The topological polar surface area (TPSA) is 39.9 Å². The van der Waals surface area contributed by atoms with Crippen molar-refractivity contribution in [2.24, 2.45) is 0 Å². The van der Waals surface area contributed by atoms with Crippen LogP contribution in [0, 0.1) is 11.3 Å². The maximum Gasteiger partial charge on any atom is 0.115 e. The molecule has 4 rings (SSSR count). The molecule has 0 spiro atoms. The standard InChI is InChI=1S/C25H23Cl2N3S/c26-19-10-8-18(9-11-19)24-16-21(20-6-2-3-7-23(20)27)22(17-28)25(29-24)31-15-14-30-12-4-1-5-13-30/h2-3,6-11,16H,1,4-5,12-15H2. The van der Waals surface area contributed by atoms with Gasteiger partial charge < -0.3 is 4.90 Å². The second-order valence-electron chi connectivity index (χ2n) is 7.58. The highest BCUT2D eigenvalue weighted by Gasteiger charge is 2.18. The van der Waals surface area contributed by atoms with Crippen LogP contribution in [0.3, 0.4) is 0 Å². The number of rotatable bonds is 6. The number of halogens is 2. The second kappa shape index (κ2) is 10.5. The highest BCUT2D eigenvalue weighted by atomic mass is 35.5. The van der Waals surface area contributed by atoms with E-state index >= 15 is 0 Å². The zero-order chi connectivity index (χ0) is 21.6. The number of nitriles is 1. The van der Waals surface area contributed by atoms with E-state index in [1.807, 2.05) is 54.6 Å². The SMILES string of the molecule is N#Cc1c(-c2ccccc2Cl)cc(-c2ccc(Cl)cc2)nc1SCCN1CCCCC1. The monoisotopic (exact) mass is 467 g/mol. The molecule has 2 heterocycles. The number of benzene rings is 2. The van der Waals surface area contributed by atoms with Gasteiger partial charge in [-0.2, -0.15) is 5.26 Å². The smallest absolute Gasteiger partial charge is 0.115 e. The van der Waals surface area contributed by atoms with Gasteiger partial charge in [0.1, 0.15) is 11.1 Å². The number of thioether (sulfide) groups is 1. The first-order chi connectivity index (χ1) is 15.2. The Balaban J connectivity index is 1.72. The lowest BCUT2D eigenvalue weighted by molar-refractivity contribution is 0.242. The average Bonchev–Trinajstić information content (AvgIpc) is 2.80. The number of hydrogen-bond acceptors (Lipinski definition) is 4. The predicted octanol–water partition coefficient (Wildman–Crippen LogP) is 7.17. The summed E-state index contributed by atoms with van der Waals surface area (Å²) in [6, 6.07) is 19.6. The highest BCUT2D eigenvalue weighted by molar-refractivity contribution is 7.99. The number of nitrogens with zero attached hydrogens (tertiary/aromatic N) is 3. The first-order valence-electron chi connectivity index (χ1n) is 10.5. The van der Waals surface area contributed by atoms with Gasteiger partial charge in [-0.15, -0.1) is 11.8 Å². The van der Waals surface area contributed by atoms with Gasteiger partial charge >= 0.3 is 0 Å².